The number of aliphatic hydroxyl groups is 1. The van der Waals surface area contributed by atoms with Crippen LogP contribution in [0.1, 0.15) is 32.6 Å². The Bertz CT molecular complexity index is 229. The van der Waals surface area contributed by atoms with Crippen LogP contribution in [0.2, 0.25) is 0 Å². The third kappa shape index (κ3) is 4.82. The molecule has 14 heavy (non-hydrogen) atoms. The Hall–Kier alpha value is -1.09. The summed E-state index contributed by atoms with van der Waals surface area (Å²) in [5, 5.41) is 7.00. The minimum Gasteiger partial charge on any atom is -0.428 e. The van der Waals surface area contributed by atoms with E-state index in [1.54, 1.807) is 6.92 Å². The molecule has 0 fully saturated rings. The van der Waals surface area contributed by atoms with E-state index in [1.807, 2.05) is 6.08 Å². The summed E-state index contributed by atoms with van der Waals surface area (Å²) in [4.78, 5) is 11.0. The van der Waals surface area contributed by atoms with Crippen LogP contribution in [0.15, 0.2) is 24.0 Å². The molecule has 0 aromatic heterocycles. The molecule has 0 saturated carbocycles. The van der Waals surface area contributed by atoms with Crippen molar-refractivity contribution in [2.24, 2.45) is 0 Å². The summed E-state index contributed by atoms with van der Waals surface area (Å²) in [6.45, 7) is 5.18. The van der Waals surface area contributed by atoms with Gasteiger partial charge in [0, 0.05) is 19.1 Å². The molecular formula is C11H18O3. The molecule has 1 aliphatic rings. The molecule has 80 valence electrons. The Morgan fingerprint density at radius 2 is 2.14 bits per heavy atom. The van der Waals surface area contributed by atoms with Crippen LogP contribution in [-0.2, 0) is 9.53 Å². The fraction of sp³-hybridized carbons (Fsp3) is 0.545. The molecule has 0 saturated heterocycles. The van der Waals surface area contributed by atoms with Crippen molar-refractivity contribution in [1.29, 1.82) is 0 Å². The van der Waals surface area contributed by atoms with Gasteiger partial charge in [0.1, 0.15) is 5.76 Å². The lowest BCUT2D eigenvalue weighted by Gasteiger charge is -2.12. The smallest absolute Gasteiger partial charge is 0.338 e. The highest BCUT2D eigenvalue weighted by molar-refractivity contribution is 5.87. The van der Waals surface area contributed by atoms with Crippen LogP contribution < -0.4 is 0 Å². The van der Waals surface area contributed by atoms with Crippen molar-refractivity contribution < 1.29 is 14.6 Å². The number of esters is 1. The number of aliphatic hydroxyl groups excluding tert-OH is 1. The quantitative estimate of drug-likeness (QED) is 0.546. The fourth-order valence-electron chi connectivity index (χ4n) is 1.11. The summed E-state index contributed by atoms with van der Waals surface area (Å²) >= 11 is 0. The Morgan fingerprint density at radius 1 is 1.50 bits per heavy atom. The van der Waals surface area contributed by atoms with Gasteiger partial charge >= 0.3 is 5.97 Å². The molecule has 0 bridgehead atoms. The van der Waals surface area contributed by atoms with Gasteiger partial charge in [-0.2, -0.15) is 0 Å². The summed E-state index contributed by atoms with van der Waals surface area (Å²) in [7, 11) is 1.00. The lowest BCUT2D eigenvalue weighted by molar-refractivity contribution is -0.135. The second-order valence-electron chi connectivity index (χ2n) is 3.09. The lowest BCUT2D eigenvalue weighted by Crippen LogP contribution is -2.06. The van der Waals surface area contributed by atoms with Crippen LogP contribution in [0.25, 0.3) is 0 Å². The Balaban J connectivity index is 0.000000791. The van der Waals surface area contributed by atoms with Crippen LogP contribution >= 0.6 is 0 Å². The molecule has 0 amide bonds. The van der Waals surface area contributed by atoms with E-state index in [2.05, 4.69) is 6.58 Å². The van der Waals surface area contributed by atoms with E-state index in [0.29, 0.717) is 5.57 Å². The number of allylic oxidation sites excluding steroid dienone is 2. The standard InChI is InChI=1S/C10H14O2.CH4O/c1-8(2)10(11)12-9-6-4-3-5-7-9;1-2/h6H,1,3-5,7H2,2H3;2H,1H3. The third-order valence-corrected chi connectivity index (χ3v) is 1.82. The lowest BCUT2D eigenvalue weighted by atomic mass is 10.1. The average Bonchev–Trinajstić information content (AvgIpc) is 2.22. The number of hydrogen-bond acceptors (Lipinski definition) is 3. The van der Waals surface area contributed by atoms with Gasteiger partial charge in [0.25, 0.3) is 0 Å². The first-order valence-corrected chi connectivity index (χ1v) is 4.71. The zero-order chi connectivity index (χ0) is 11.0. The van der Waals surface area contributed by atoms with Gasteiger partial charge in [-0.15, -0.1) is 0 Å². The zero-order valence-corrected chi connectivity index (χ0v) is 8.88. The highest BCUT2D eigenvalue weighted by Gasteiger charge is 2.09. The molecule has 0 aromatic carbocycles. The van der Waals surface area contributed by atoms with Gasteiger partial charge in [-0.05, 0) is 32.3 Å². The highest BCUT2D eigenvalue weighted by Crippen LogP contribution is 2.18. The first-order chi connectivity index (χ1) is 6.70. The summed E-state index contributed by atoms with van der Waals surface area (Å²) in [6, 6.07) is 0. The number of hydrogen-bond donors (Lipinski definition) is 1. The van der Waals surface area contributed by atoms with E-state index in [1.165, 1.54) is 6.42 Å². The largest absolute Gasteiger partial charge is 0.428 e. The van der Waals surface area contributed by atoms with Crippen LogP contribution in [0.3, 0.4) is 0 Å². The molecule has 0 spiro atoms. The minimum atomic E-state index is -0.303. The average molecular weight is 198 g/mol. The highest BCUT2D eigenvalue weighted by atomic mass is 16.5. The van der Waals surface area contributed by atoms with E-state index < -0.39 is 0 Å². The van der Waals surface area contributed by atoms with Gasteiger partial charge in [0.15, 0.2) is 0 Å². The molecule has 3 heteroatoms. The van der Waals surface area contributed by atoms with E-state index in [4.69, 9.17) is 9.84 Å². The van der Waals surface area contributed by atoms with Gasteiger partial charge in [0.2, 0.25) is 0 Å². The van der Waals surface area contributed by atoms with Crippen molar-refractivity contribution in [3.8, 4) is 0 Å². The number of rotatable bonds is 2. The van der Waals surface area contributed by atoms with Crippen LogP contribution in [0.4, 0.5) is 0 Å². The normalized spacial score (nSPS) is 14.6. The molecular weight excluding hydrogens is 180 g/mol. The Kier molecular flexibility index (Phi) is 6.76. The van der Waals surface area contributed by atoms with E-state index >= 15 is 0 Å². The number of ether oxygens (including phenoxy) is 1. The second-order valence-corrected chi connectivity index (χ2v) is 3.09. The van der Waals surface area contributed by atoms with Crippen LogP contribution in [-0.4, -0.2) is 18.2 Å². The maximum atomic E-state index is 11.0. The molecule has 1 rings (SSSR count). The molecule has 0 radical (unpaired) electrons. The maximum absolute atomic E-state index is 11.0. The molecule has 0 aromatic rings. The summed E-state index contributed by atoms with van der Waals surface area (Å²) < 4.78 is 5.08. The van der Waals surface area contributed by atoms with Crippen molar-refractivity contribution >= 4 is 5.97 Å². The predicted molar refractivity (Wildman–Crippen MR) is 55.6 cm³/mol. The molecule has 0 atom stereocenters. The first kappa shape index (κ1) is 12.9. The van der Waals surface area contributed by atoms with Crippen LogP contribution in [0, 0.1) is 0 Å². The molecule has 0 aliphatic heterocycles. The van der Waals surface area contributed by atoms with Gasteiger partial charge in [0.05, 0.1) is 0 Å². The van der Waals surface area contributed by atoms with Gasteiger partial charge in [-0.3, -0.25) is 0 Å². The Morgan fingerprint density at radius 3 is 2.57 bits per heavy atom. The van der Waals surface area contributed by atoms with E-state index in [-0.39, 0.29) is 5.97 Å². The van der Waals surface area contributed by atoms with Crippen molar-refractivity contribution in [2.75, 3.05) is 7.11 Å². The molecule has 1 aliphatic carbocycles. The van der Waals surface area contributed by atoms with Crippen molar-refractivity contribution in [3.63, 3.8) is 0 Å². The SMILES string of the molecule is C=C(C)C(=O)OC1=CCCCC1.CO. The molecule has 1 N–H and O–H groups in total. The summed E-state index contributed by atoms with van der Waals surface area (Å²) in [6.07, 6.45) is 6.23. The molecule has 3 nitrogen and oxygen atoms in total. The van der Waals surface area contributed by atoms with Crippen molar-refractivity contribution in [2.45, 2.75) is 32.6 Å². The van der Waals surface area contributed by atoms with Gasteiger partial charge < -0.3 is 9.84 Å². The topological polar surface area (TPSA) is 46.5 Å². The zero-order valence-electron chi connectivity index (χ0n) is 8.88. The van der Waals surface area contributed by atoms with E-state index in [9.17, 15) is 4.79 Å². The monoisotopic (exact) mass is 198 g/mol. The van der Waals surface area contributed by atoms with E-state index in [0.717, 1.165) is 32.1 Å². The third-order valence-electron chi connectivity index (χ3n) is 1.82. The van der Waals surface area contributed by atoms with Gasteiger partial charge in [-0.1, -0.05) is 6.58 Å². The van der Waals surface area contributed by atoms with Crippen LogP contribution in [0.5, 0.6) is 0 Å². The van der Waals surface area contributed by atoms with Crippen molar-refractivity contribution in [3.05, 3.63) is 24.0 Å². The van der Waals surface area contributed by atoms with Crippen molar-refractivity contribution in [1.82, 2.24) is 0 Å². The fourth-order valence-corrected chi connectivity index (χ4v) is 1.11. The Labute approximate surface area is 85.1 Å². The summed E-state index contributed by atoms with van der Waals surface area (Å²) in [5.41, 5.74) is 0.460. The molecule has 0 unspecified atom stereocenters. The first-order valence-electron chi connectivity index (χ1n) is 4.71. The minimum absolute atomic E-state index is 0.303. The van der Waals surface area contributed by atoms with Gasteiger partial charge in [-0.25, -0.2) is 4.79 Å². The number of carbonyl (C=O) groups excluding carboxylic acids is 1. The summed E-state index contributed by atoms with van der Waals surface area (Å²) in [5.74, 6) is 0.511. The molecule has 0 heterocycles. The predicted octanol–water partition coefficient (Wildman–Crippen LogP) is 2.17. The number of carbonyl (C=O) groups is 1. The maximum Gasteiger partial charge on any atom is 0.338 e. The second kappa shape index (κ2) is 7.33.